The molecule has 6 nitrogen and oxygen atoms in total. The summed E-state index contributed by atoms with van der Waals surface area (Å²) in [5, 5.41) is 0. The Morgan fingerprint density at radius 2 is 1.41 bits per heavy atom. The van der Waals surface area contributed by atoms with Crippen LogP contribution in [0.1, 0.15) is 32.6 Å². The number of rotatable bonds is 4. The number of nitrogens with zero attached hydrogens (tertiary/aromatic N) is 2. The molecule has 2 aromatic carbocycles. The molecule has 1 aliphatic heterocycles. The van der Waals surface area contributed by atoms with Gasteiger partial charge < -0.3 is 9.64 Å². The summed E-state index contributed by atoms with van der Waals surface area (Å²) >= 11 is 0. The highest BCUT2D eigenvalue weighted by Crippen LogP contribution is 2.29. The summed E-state index contributed by atoms with van der Waals surface area (Å²) in [6.45, 7) is 8.90. The zero-order chi connectivity index (χ0) is 21.3. The van der Waals surface area contributed by atoms with E-state index in [0.29, 0.717) is 29.3 Å². The number of methoxy groups -OCH3 is 1. The molecular weight excluding hydrogens is 388 g/mol. The lowest BCUT2D eigenvalue weighted by molar-refractivity contribution is 0.0698. The van der Waals surface area contributed by atoms with Crippen LogP contribution in [-0.2, 0) is 10.0 Å². The average molecular weight is 417 g/mol. The van der Waals surface area contributed by atoms with Gasteiger partial charge in [-0.25, -0.2) is 8.42 Å². The maximum absolute atomic E-state index is 13.4. The molecule has 1 aliphatic rings. The molecule has 29 heavy (non-hydrogen) atoms. The number of aryl methyl sites for hydroxylation is 2. The minimum Gasteiger partial charge on any atom is -0.497 e. The Balaban J connectivity index is 1.77. The lowest BCUT2D eigenvalue weighted by Crippen LogP contribution is -2.50. The Labute approximate surface area is 173 Å². The van der Waals surface area contributed by atoms with Gasteiger partial charge >= 0.3 is 0 Å². The number of carbonyl (C=O) groups excluding carboxylic acids is 1. The third-order valence-electron chi connectivity index (χ3n) is 5.76. The molecule has 0 atom stereocenters. The molecular formula is C22H28N2O4S. The van der Waals surface area contributed by atoms with Gasteiger partial charge in [-0.2, -0.15) is 4.31 Å². The Hall–Kier alpha value is -2.38. The highest BCUT2D eigenvalue weighted by Gasteiger charge is 2.33. The number of amides is 1. The number of carbonyl (C=O) groups is 1. The second kappa shape index (κ2) is 8.16. The fraction of sp³-hybridized carbons (Fsp3) is 0.409. The summed E-state index contributed by atoms with van der Waals surface area (Å²) in [7, 11) is -2.03. The number of sulfonamides is 1. The van der Waals surface area contributed by atoms with Crippen LogP contribution in [0.3, 0.4) is 0 Å². The summed E-state index contributed by atoms with van der Waals surface area (Å²) in [4.78, 5) is 14.9. The number of hydrogen-bond donors (Lipinski definition) is 0. The largest absolute Gasteiger partial charge is 0.497 e. The molecule has 0 aromatic heterocycles. The lowest BCUT2D eigenvalue weighted by atomic mass is 10.0. The normalized spacial score (nSPS) is 15.4. The Morgan fingerprint density at radius 1 is 0.897 bits per heavy atom. The van der Waals surface area contributed by atoms with Crippen molar-refractivity contribution in [1.82, 2.24) is 9.21 Å². The van der Waals surface area contributed by atoms with E-state index in [4.69, 9.17) is 4.74 Å². The van der Waals surface area contributed by atoms with Crippen molar-refractivity contribution in [3.8, 4) is 5.75 Å². The van der Waals surface area contributed by atoms with Crippen LogP contribution in [0.25, 0.3) is 0 Å². The van der Waals surface area contributed by atoms with E-state index >= 15 is 0 Å². The predicted molar refractivity (Wildman–Crippen MR) is 113 cm³/mol. The summed E-state index contributed by atoms with van der Waals surface area (Å²) in [5.74, 6) is 0.597. The zero-order valence-corrected chi connectivity index (χ0v) is 18.5. The first-order valence-corrected chi connectivity index (χ1v) is 11.1. The van der Waals surface area contributed by atoms with Crippen molar-refractivity contribution in [3.63, 3.8) is 0 Å². The minimum absolute atomic E-state index is 0.0940. The van der Waals surface area contributed by atoms with Crippen LogP contribution >= 0.6 is 0 Å². The van der Waals surface area contributed by atoms with Gasteiger partial charge in [0.2, 0.25) is 10.0 Å². The molecule has 0 spiro atoms. The van der Waals surface area contributed by atoms with Crippen molar-refractivity contribution in [2.45, 2.75) is 32.6 Å². The second-order valence-corrected chi connectivity index (χ2v) is 9.39. The second-order valence-electron chi connectivity index (χ2n) is 7.51. The number of benzene rings is 2. The third kappa shape index (κ3) is 4.02. The van der Waals surface area contributed by atoms with Crippen LogP contribution in [-0.4, -0.2) is 56.8 Å². The molecule has 0 unspecified atom stereocenters. The van der Waals surface area contributed by atoms with E-state index in [1.807, 2.05) is 33.8 Å². The third-order valence-corrected chi connectivity index (χ3v) is 7.93. The summed E-state index contributed by atoms with van der Waals surface area (Å²) in [6.07, 6.45) is 0. The van der Waals surface area contributed by atoms with E-state index in [0.717, 1.165) is 22.3 Å². The molecule has 1 heterocycles. The molecule has 0 radical (unpaired) electrons. The van der Waals surface area contributed by atoms with Gasteiger partial charge in [0.25, 0.3) is 5.91 Å². The number of ether oxygens (including phenoxy) is 1. The van der Waals surface area contributed by atoms with Gasteiger partial charge in [-0.15, -0.1) is 0 Å². The van der Waals surface area contributed by atoms with Crippen molar-refractivity contribution >= 4 is 15.9 Å². The quantitative estimate of drug-likeness (QED) is 0.768. The van der Waals surface area contributed by atoms with E-state index in [9.17, 15) is 13.2 Å². The Bertz CT molecular complexity index is 996. The lowest BCUT2D eigenvalue weighted by Gasteiger charge is -2.35. The van der Waals surface area contributed by atoms with Crippen LogP contribution in [0.5, 0.6) is 5.75 Å². The first-order chi connectivity index (χ1) is 13.7. The molecule has 3 rings (SSSR count). The van der Waals surface area contributed by atoms with Crippen molar-refractivity contribution < 1.29 is 17.9 Å². The van der Waals surface area contributed by atoms with Gasteiger partial charge in [-0.1, -0.05) is 6.07 Å². The first-order valence-electron chi connectivity index (χ1n) is 9.67. The van der Waals surface area contributed by atoms with Crippen LogP contribution < -0.4 is 4.74 Å². The van der Waals surface area contributed by atoms with E-state index in [2.05, 4.69) is 0 Å². The number of piperazine rings is 1. The van der Waals surface area contributed by atoms with Crippen molar-refractivity contribution in [3.05, 3.63) is 58.1 Å². The Morgan fingerprint density at radius 3 is 1.90 bits per heavy atom. The molecule has 1 fully saturated rings. The molecule has 0 saturated carbocycles. The van der Waals surface area contributed by atoms with E-state index in [-0.39, 0.29) is 19.0 Å². The molecule has 0 N–H and O–H groups in total. The molecule has 1 saturated heterocycles. The van der Waals surface area contributed by atoms with Gasteiger partial charge in [-0.3, -0.25) is 4.79 Å². The molecule has 2 aromatic rings. The van der Waals surface area contributed by atoms with Crippen LogP contribution in [0.15, 0.2) is 35.2 Å². The van der Waals surface area contributed by atoms with Crippen molar-refractivity contribution in [1.29, 1.82) is 0 Å². The van der Waals surface area contributed by atoms with Gasteiger partial charge in [0.05, 0.1) is 12.0 Å². The van der Waals surface area contributed by atoms with Gasteiger partial charge in [0.15, 0.2) is 0 Å². The Kier molecular flexibility index (Phi) is 6.00. The molecule has 0 bridgehead atoms. The standard InChI is InChI=1S/C22H28N2O4S/c1-15-14-16(2)18(4)21(17(15)3)29(26,27)24-12-10-23(11-13-24)22(25)19-6-8-20(28-5)9-7-19/h6-9,14H,10-13H2,1-5H3. The van der Waals surface area contributed by atoms with E-state index in [1.165, 1.54) is 4.31 Å². The van der Waals surface area contributed by atoms with Crippen molar-refractivity contribution in [2.75, 3.05) is 33.3 Å². The minimum atomic E-state index is -3.61. The smallest absolute Gasteiger partial charge is 0.253 e. The monoisotopic (exact) mass is 416 g/mol. The maximum Gasteiger partial charge on any atom is 0.253 e. The van der Waals surface area contributed by atoms with Crippen LogP contribution in [0, 0.1) is 27.7 Å². The number of hydrogen-bond acceptors (Lipinski definition) is 4. The fourth-order valence-corrected chi connectivity index (χ4v) is 5.74. The predicted octanol–water partition coefficient (Wildman–Crippen LogP) is 3.08. The maximum atomic E-state index is 13.4. The summed E-state index contributed by atoms with van der Waals surface area (Å²) in [5.41, 5.74) is 4.11. The van der Waals surface area contributed by atoms with Crippen LogP contribution in [0.2, 0.25) is 0 Å². The average Bonchev–Trinajstić information content (AvgIpc) is 2.72. The van der Waals surface area contributed by atoms with Gasteiger partial charge in [0, 0.05) is 31.7 Å². The molecule has 0 aliphatic carbocycles. The zero-order valence-electron chi connectivity index (χ0n) is 17.7. The SMILES string of the molecule is COc1ccc(C(=O)N2CCN(S(=O)(=O)c3c(C)c(C)cc(C)c3C)CC2)cc1. The van der Waals surface area contributed by atoms with Crippen molar-refractivity contribution in [2.24, 2.45) is 0 Å². The molecule has 1 amide bonds. The van der Waals surface area contributed by atoms with Gasteiger partial charge in [0.1, 0.15) is 5.75 Å². The highest BCUT2D eigenvalue weighted by atomic mass is 32.2. The highest BCUT2D eigenvalue weighted by molar-refractivity contribution is 7.89. The molecule has 7 heteroatoms. The van der Waals surface area contributed by atoms with E-state index in [1.54, 1.807) is 36.3 Å². The summed E-state index contributed by atoms with van der Waals surface area (Å²) < 4.78 is 33.3. The molecule has 156 valence electrons. The van der Waals surface area contributed by atoms with E-state index < -0.39 is 10.0 Å². The first kappa shape index (κ1) is 21.3. The summed E-state index contributed by atoms with van der Waals surface area (Å²) in [6, 6.07) is 8.98. The van der Waals surface area contributed by atoms with Gasteiger partial charge in [-0.05, 0) is 74.2 Å². The topological polar surface area (TPSA) is 66.9 Å². The fourth-order valence-electron chi connectivity index (χ4n) is 3.74. The van der Waals surface area contributed by atoms with Crippen LogP contribution in [0.4, 0.5) is 0 Å².